The second-order valence-corrected chi connectivity index (χ2v) is 4.28. The van der Waals surface area contributed by atoms with E-state index in [2.05, 4.69) is 5.32 Å². The van der Waals surface area contributed by atoms with Gasteiger partial charge >= 0.3 is 0 Å². The first kappa shape index (κ1) is 11.4. The molecule has 16 heavy (non-hydrogen) atoms. The Bertz CT molecular complexity index is 319. The molecule has 1 aliphatic rings. The summed E-state index contributed by atoms with van der Waals surface area (Å²) in [6.07, 6.45) is 1.18. The Morgan fingerprint density at radius 2 is 2.12 bits per heavy atom. The molecule has 1 aliphatic heterocycles. The van der Waals surface area contributed by atoms with Crippen molar-refractivity contribution in [1.82, 2.24) is 5.32 Å². The van der Waals surface area contributed by atoms with Crippen LogP contribution in [-0.4, -0.2) is 20.2 Å². The van der Waals surface area contributed by atoms with Crippen LogP contribution in [0.4, 0.5) is 4.39 Å². The van der Waals surface area contributed by atoms with Crippen LogP contribution in [-0.2, 0) is 0 Å². The number of alkyl halides is 1. The van der Waals surface area contributed by atoms with Crippen molar-refractivity contribution in [2.45, 2.75) is 19.0 Å². The average Bonchev–Trinajstić information content (AvgIpc) is 2.39. The van der Waals surface area contributed by atoms with E-state index in [4.69, 9.17) is 4.74 Å². The number of benzene rings is 1. The molecule has 3 heteroatoms. The van der Waals surface area contributed by atoms with E-state index in [9.17, 15) is 4.39 Å². The molecule has 0 amide bonds. The molecule has 2 atom stereocenters. The maximum absolute atomic E-state index is 14.2. The Hall–Kier alpha value is -1.09. The summed E-state index contributed by atoms with van der Waals surface area (Å²) in [6, 6.07) is 7.27. The minimum absolute atomic E-state index is 0.113. The second-order valence-electron chi connectivity index (χ2n) is 4.28. The summed E-state index contributed by atoms with van der Waals surface area (Å²) >= 11 is 0. The molecule has 0 radical (unpaired) electrons. The molecule has 0 saturated carbocycles. The second kappa shape index (κ2) is 5.30. The zero-order valence-corrected chi connectivity index (χ0v) is 9.58. The van der Waals surface area contributed by atoms with Gasteiger partial charge in [0, 0.05) is 12.5 Å². The van der Waals surface area contributed by atoms with Gasteiger partial charge < -0.3 is 10.1 Å². The van der Waals surface area contributed by atoms with Gasteiger partial charge in [-0.25, -0.2) is 4.39 Å². The van der Waals surface area contributed by atoms with Crippen molar-refractivity contribution in [3.05, 3.63) is 29.8 Å². The first-order valence-electron chi connectivity index (χ1n) is 5.80. The van der Waals surface area contributed by atoms with Gasteiger partial charge in [-0.3, -0.25) is 0 Å². The lowest BCUT2D eigenvalue weighted by molar-refractivity contribution is 0.194. The van der Waals surface area contributed by atoms with Crippen molar-refractivity contribution >= 4 is 0 Å². The SMILES string of the molecule is COc1ccc(C(F)C2CCCNC2)cc1. The number of ether oxygens (including phenoxy) is 1. The van der Waals surface area contributed by atoms with Crippen molar-refractivity contribution in [2.24, 2.45) is 5.92 Å². The van der Waals surface area contributed by atoms with E-state index < -0.39 is 6.17 Å². The van der Waals surface area contributed by atoms with Crippen LogP contribution in [0, 0.1) is 5.92 Å². The molecule has 0 bridgehead atoms. The Balaban J connectivity index is 2.04. The molecular weight excluding hydrogens is 205 g/mol. The van der Waals surface area contributed by atoms with Crippen molar-refractivity contribution in [2.75, 3.05) is 20.2 Å². The van der Waals surface area contributed by atoms with Gasteiger partial charge in [0.1, 0.15) is 11.9 Å². The van der Waals surface area contributed by atoms with Crippen molar-refractivity contribution in [3.63, 3.8) is 0 Å². The molecule has 0 spiro atoms. The lowest BCUT2D eigenvalue weighted by atomic mass is 9.90. The Kier molecular flexibility index (Phi) is 3.78. The maximum atomic E-state index is 14.2. The fourth-order valence-corrected chi connectivity index (χ4v) is 2.19. The third-order valence-electron chi connectivity index (χ3n) is 3.18. The van der Waals surface area contributed by atoms with Gasteiger partial charge in [-0.15, -0.1) is 0 Å². The summed E-state index contributed by atoms with van der Waals surface area (Å²) in [5.41, 5.74) is 0.759. The third kappa shape index (κ3) is 2.53. The summed E-state index contributed by atoms with van der Waals surface area (Å²) in [5, 5.41) is 3.24. The van der Waals surface area contributed by atoms with Crippen LogP contribution in [0.1, 0.15) is 24.6 Å². The highest BCUT2D eigenvalue weighted by molar-refractivity contribution is 5.28. The monoisotopic (exact) mass is 223 g/mol. The van der Waals surface area contributed by atoms with Gasteiger partial charge in [-0.05, 0) is 37.1 Å². The molecule has 1 aromatic carbocycles. The summed E-state index contributed by atoms with van der Waals surface area (Å²) in [4.78, 5) is 0. The molecule has 2 unspecified atom stereocenters. The van der Waals surface area contributed by atoms with Crippen LogP contribution in [0.2, 0.25) is 0 Å². The molecular formula is C13H18FNO. The number of nitrogens with one attached hydrogen (secondary N) is 1. The van der Waals surface area contributed by atoms with E-state index >= 15 is 0 Å². The van der Waals surface area contributed by atoms with E-state index in [1.165, 1.54) is 0 Å². The standard InChI is InChI=1S/C13H18FNO/c1-16-12-6-4-10(5-7-12)13(14)11-3-2-8-15-9-11/h4-7,11,13,15H,2-3,8-9H2,1H3. The number of piperidine rings is 1. The Labute approximate surface area is 95.8 Å². The molecule has 1 aromatic rings. The van der Waals surface area contributed by atoms with E-state index in [1.807, 2.05) is 24.3 Å². The summed E-state index contributed by atoms with van der Waals surface area (Å²) in [5.74, 6) is 0.889. The number of methoxy groups -OCH3 is 1. The van der Waals surface area contributed by atoms with E-state index in [1.54, 1.807) is 7.11 Å². The zero-order valence-electron chi connectivity index (χ0n) is 9.58. The zero-order chi connectivity index (χ0) is 11.4. The van der Waals surface area contributed by atoms with Crippen LogP contribution >= 0.6 is 0 Å². The predicted molar refractivity (Wildman–Crippen MR) is 62.4 cm³/mol. The average molecular weight is 223 g/mol. The molecule has 1 saturated heterocycles. The maximum Gasteiger partial charge on any atom is 0.129 e. The smallest absolute Gasteiger partial charge is 0.129 e. The lowest BCUT2D eigenvalue weighted by Crippen LogP contribution is -2.32. The van der Waals surface area contributed by atoms with E-state index in [0.29, 0.717) is 0 Å². The number of rotatable bonds is 3. The number of halogens is 1. The van der Waals surface area contributed by atoms with Crippen molar-refractivity contribution < 1.29 is 9.13 Å². The topological polar surface area (TPSA) is 21.3 Å². The van der Waals surface area contributed by atoms with Gasteiger partial charge in [-0.2, -0.15) is 0 Å². The summed E-state index contributed by atoms with van der Waals surface area (Å²) in [6.45, 7) is 1.80. The highest BCUT2D eigenvalue weighted by Crippen LogP contribution is 2.31. The number of hydrogen-bond acceptors (Lipinski definition) is 2. The molecule has 2 nitrogen and oxygen atoms in total. The molecule has 1 N–H and O–H groups in total. The Morgan fingerprint density at radius 1 is 1.38 bits per heavy atom. The van der Waals surface area contributed by atoms with Crippen molar-refractivity contribution in [1.29, 1.82) is 0 Å². The predicted octanol–water partition coefficient (Wildman–Crippen LogP) is 2.71. The molecule has 0 aromatic heterocycles. The van der Waals surface area contributed by atoms with Crippen LogP contribution in [0.25, 0.3) is 0 Å². The first-order chi connectivity index (χ1) is 7.81. The summed E-state index contributed by atoms with van der Waals surface area (Å²) in [7, 11) is 1.62. The van der Waals surface area contributed by atoms with Gasteiger partial charge in [0.05, 0.1) is 7.11 Å². The number of hydrogen-bond donors (Lipinski definition) is 1. The normalized spacial score (nSPS) is 22.8. The van der Waals surface area contributed by atoms with Crippen LogP contribution < -0.4 is 10.1 Å². The minimum atomic E-state index is -0.862. The highest BCUT2D eigenvalue weighted by atomic mass is 19.1. The van der Waals surface area contributed by atoms with Crippen LogP contribution in [0.15, 0.2) is 24.3 Å². The van der Waals surface area contributed by atoms with Crippen LogP contribution in [0.3, 0.4) is 0 Å². The largest absolute Gasteiger partial charge is 0.497 e. The van der Waals surface area contributed by atoms with Gasteiger partial charge in [0.15, 0.2) is 0 Å². The lowest BCUT2D eigenvalue weighted by Gasteiger charge is -2.26. The quantitative estimate of drug-likeness (QED) is 0.850. The molecule has 2 rings (SSSR count). The van der Waals surface area contributed by atoms with E-state index in [0.717, 1.165) is 37.2 Å². The van der Waals surface area contributed by atoms with Crippen LogP contribution in [0.5, 0.6) is 5.75 Å². The van der Waals surface area contributed by atoms with Gasteiger partial charge in [0.25, 0.3) is 0 Å². The van der Waals surface area contributed by atoms with Gasteiger partial charge in [-0.1, -0.05) is 12.1 Å². The molecule has 88 valence electrons. The Morgan fingerprint density at radius 3 is 2.69 bits per heavy atom. The molecule has 1 heterocycles. The van der Waals surface area contributed by atoms with Gasteiger partial charge in [0.2, 0.25) is 0 Å². The third-order valence-corrected chi connectivity index (χ3v) is 3.18. The summed E-state index contributed by atoms with van der Waals surface area (Å²) < 4.78 is 19.2. The fraction of sp³-hybridized carbons (Fsp3) is 0.538. The van der Waals surface area contributed by atoms with Crippen molar-refractivity contribution in [3.8, 4) is 5.75 Å². The molecule has 1 fully saturated rings. The highest BCUT2D eigenvalue weighted by Gasteiger charge is 2.24. The molecule has 0 aliphatic carbocycles. The first-order valence-corrected chi connectivity index (χ1v) is 5.80. The minimum Gasteiger partial charge on any atom is -0.497 e. The van der Waals surface area contributed by atoms with E-state index in [-0.39, 0.29) is 5.92 Å². The fourth-order valence-electron chi connectivity index (χ4n) is 2.19.